The Morgan fingerprint density at radius 1 is 0.456 bits per heavy atom. The zero-order valence-corrected chi connectivity index (χ0v) is 31.3. The quantitative estimate of drug-likeness (QED) is 0.177. The van der Waals surface area contributed by atoms with Crippen molar-refractivity contribution in [1.82, 2.24) is 24.1 Å². The fraction of sp³-hybridized carbons (Fsp3) is 0.0962. The van der Waals surface area contributed by atoms with E-state index >= 15 is 0 Å². The van der Waals surface area contributed by atoms with Gasteiger partial charge in [0.25, 0.3) is 0 Å². The van der Waals surface area contributed by atoms with Gasteiger partial charge >= 0.3 is 0 Å². The maximum atomic E-state index is 5.23. The van der Waals surface area contributed by atoms with Crippen LogP contribution in [-0.4, -0.2) is 24.1 Å². The molecule has 0 saturated heterocycles. The Labute approximate surface area is 330 Å². The SMILES string of the molecule is c1ccc(-c2nc(-c3ccccc3)nc(C3c4ccccc4-c4cc(-n5c6c(c7c5ccc5c8ccccc8n(-c8ccccc8)c57)CCCC6)ccc43)n2)cc1. The van der Waals surface area contributed by atoms with Crippen LogP contribution in [0.25, 0.3) is 78.0 Å². The Morgan fingerprint density at radius 3 is 1.88 bits per heavy atom. The Hall–Kier alpha value is -7.11. The molecule has 0 amide bonds. The second-order valence-electron chi connectivity index (χ2n) is 15.4. The summed E-state index contributed by atoms with van der Waals surface area (Å²) in [6.45, 7) is 0. The minimum absolute atomic E-state index is 0.130. The average Bonchev–Trinajstić information content (AvgIpc) is 3.92. The van der Waals surface area contributed by atoms with Crippen LogP contribution in [0.2, 0.25) is 0 Å². The number of aromatic nitrogens is 5. The van der Waals surface area contributed by atoms with Crippen LogP contribution in [0.15, 0.2) is 170 Å². The first-order chi connectivity index (χ1) is 28.3. The lowest BCUT2D eigenvalue weighted by atomic mass is 9.94. The van der Waals surface area contributed by atoms with Crippen LogP contribution in [0.1, 0.15) is 47.0 Å². The van der Waals surface area contributed by atoms with Crippen molar-refractivity contribution in [2.45, 2.75) is 31.6 Å². The van der Waals surface area contributed by atoms with Gasteiger partial charge in [0, 0.05) is 44.4 Å². The van der Waals surface area contributed by atoms with Crippen molar-refractivity contribution in [1.29, 1.82) is 0 Å². The highest BCUT2D eigenvalue weighted by molar-refractivity contribution is 6.19. The van der Waals surface area contributed by atoms with E-state index in [9.17, 15) is 0 Å². The maximum Gasteiger partial charge on any atom is 0.163 e. The monoisotopic (exact) mass is 731 g/mol. The number of nitrogens with zero attached hydrogens (tertiary/aromatic N) is 5. The number of para-hydroxylation sites is 2. The molecule has 0 aliphatic heterocycles. The van der Waals surface area contributed by atoms with Gasteiger partial charge in [-0.2, -0.15) is 0 Å². The minimum atomic E-state index is -0.130. The highest BCUT2D eigenvalue weighted by atomic mass is 15.0. The van der Waals surface area contributed by atoms with Crippen LogP contribution in [0.4, 0.5) is 0 Å². The van der Waals surface area contributed by atoms with E-state index in [1.54, 1.807) is 0 Å². The Balaban J connectivity index is 1.08. The van der Waals surface area contributed by atoms with Crippen molar-refractivity contribution in [3.05, 3.63) is 198 Å². The molecule has 0 spiro atoms. The Morgan fingerprint density at radius 2 is 1.11 bits per heavy atom. The van der Waals surface area contributed by atoms with Crippen LogP contribution in [0, 0.1) is 0 Å². The van der Waals surface area contributed by atoms with Gasteiger partial charge in [-0.3, -0.25) is 0 Å². The van der Waals surface area contributed by atoms with Crippen LogP contribution >= 0.6 is 0 Å². The Kier molecular flexibility index (Phi) is 7.18. The van der Waals surface area contributed by atoms with E-state index in [1.807, 2.05) is 36.4 Å². The van der Waals surface area contributed by atoms with Crippen LogP contribution in [-0.2, 0) is 12.8 Å². The summed E-state index contributed by atoms with van der Waals surface area (Å²) in [5, 5.41) is 3.98. The molecule has 0 bridgehead atoms. The molecular weight excluding hydrogens is 695 g/mol. The molecule has 2 aliphatic carbocycles. The summed E-state index contributed by atoms with van der Waals surface area (Å²) >= 11 is 0. The number of hydrogen-bond acceptors (Lipinski definition) is 3. The molecule has 270 valence electrons. The fourth-order valence-corrected chi connectivity index (χ4v) is 9.78. The number of rotatable bonds is 5. The molecule has 57 heavy (non-hydrogen) atoms. The lowest BCUT2D eigenvalue weighted by molar-refractivity contribution is 0.667. The molecule has 7 aromatic carbocycles. The molecule has 1 unspecified atom stereocenters. The van der Waals surface area contributed by atoms with Gasteiger partial charge in [0.2, 0.25) is 0 Å². The van der Waals surface area contributed by atoms with E-state index in [-0.39, 0.29) is 5.92 Å². The predicted octanol–water partition coefficient (Wildman–Crippen LogP) is 12.3. The third-order valence-electron chi connectivity index (χ3n) is 12.2. The van der Waals surface area contributed by atoms with Crippen molar-refractivity contribution in [3.63, 3.8) is 0 Å². The summed E-state index contributed by atoms with van der Waals surface area (Å²) in [5.74, 6) is 2.01. The zero-order chi connectivity index (χ0) is 37.5. The molecule has 10 aromatic rings. The largest absolute Gasteiger partial charge is 0.313 e. The second kappa shape index (κ2) is 12.7. The summed E-state index contributed by atoms with van der Waals surface area (Å²) < 4.78 is 5.08. The minimum Gasteiger partial charge on any atom is -0.313 e. The lowest BCUT2D eigenvalue weighted by Crippen LogP contribution is -2.10. The van der Waals surface area contributed by atoms with Gasteiger partial charge in [0.05, 0.1) is 22.5 Å². The van der Waals surface area contributed by atoms with Crippen molar-refractivity contribution in [3.8, 4) is 45.3 Å². The van der Waals surface area contributed by atoms with Gasteiger partial charge < -0.3 is 9.13 Å². The van der Waals surface area contributed by atoms with Crippen molar-refractivity contribution >= 4 is 32.7 Å². The second-order valence-corrected chi connectivity index (χ2v) is 15.4. The predicted molar refractivity (Wildman–Crippen MR) is 231 cm³/mol. The van der Waals surface area contributed by atoms with Crippen molar-refractivity contribution in [2.75, 3.05) is 0 Å². The van der Waals surface area contributed by atoms with E-state index in [4.69, 9.17) is 15.0 Å². The summed E-state index contributed by atoms with van der Waals surface area (Å²) in [6.07, 6.45) is 4.53. The summed E-state index contributed by atoms with van der Waals surface area (Å²) in [7, 11) is 0. The summed E-state index contributed by atoms with van der Waals surface area (Å²) in [6, 6.07) is 60.9. The average molecular weight is 732 g/mol. The smallest absolute Gasteiger partial charge is 0.163 e. The van der Waals surface area contributed by atoms with Crippen molar-refractivity contribution < 1.29 is 0 Å². The van der Waals surface area contributed by atoms with E-state index in [0.29, 0.717) is 11.6 Å². The van der Waals surface area contributed by atoms with Crippen LogP contribution < -0.4 is 0 Å². The zero-order valence-electron chi connectivity index (χ0n) is 31.3. The molecular formula is C52H37N5. The maximum absolute atomic E-state index is 5.23. The van der Waals surface area contributed by atoms with Gasteiger partial charge in [-0.05, 0) is 89.9 Å². The highest BCUT2D eigenvalue weighted by Gasteiger charge is 2.34. The molecule has 2 aliphatic rings. The van der Waals surface area contributed by atoms with E-state index in [2.05, 4.69) is 143 Å². The molecule has 0 fully saturated rings. The summed E-state index contributed by atoms with van der Waals surface area (Å²) in [5.41, 5.74) is 16.0. The van der Waals surface area contributed by atoms with Crippen LogP contribution in [0.3, 0.4) is 0 Å². The third kappa shape index (κ3) is 4.91. The van der Waals surface area contributed by atoms with Gasteiger partial charge in [0.1, 0.15) is 5.82 Å². The Bertz CT molecular complexity index is 3120. The molecule has 5 nitrogen and oxygen atoms in total. The molecule has 0 saturated carbocycles. The van der Waals surface area contributed by atoms with Gasteiger partial charge in [-0.15, -0.1) is 0 Å². The van der Waals surface area contributed by atoms with Gasteiger partial charge in [-0.1, -0.05) is 133 Å². The first-order valence-corrected chi connectivity index (χ1v) is 20.0. The normalized spacial score (nSPS) is 14.6. The fourth-order valence-electron chi connectivity index (χ4n) is 9.78. The van der Waals surface area contributed by atoms with Gasteiger partial charge in [0.15, 0.2) is 11.6 Å². The van der Waals surface area contributed by atoms with E-state index in [1.165, 1.54) is 90.4 Å². The van der Waals surface area contributed by atoms with E-state index in [0.717, 1.165) is 29.8 Å². The number of aryl methyl sites for hydroxylation is 1. The van der Waals surface area contributed by atoms with E-state index < -0.39 is 0 Å². The molecule has 12 rings (SSSR count). The first kappa shape index (κ1) is 32.2. The number of fused-ring (bicyclic) bond motifs is 10. The van der Waals surface area contributed by atoms with Crippen LogP contribution in [0.5, 0.6) is 0 Å². The number of benzene rings is 7. The molecule has 1 atom stereocenters. The standard InChI is InChI=1S/C52H37N5/c1-4-16-33(17-5-1)50-53-51(34-18-6-2-7-19-34)55-52(54-50)47-39-24-11-10-22-37(39)43-32-36(28-29-40(43)47)56-45-27-15-13-25-42(45)48-46(56)31-30-41-38-23-12-14-26-44(38)57(49(41)48)35-20-8-3-9-21-35/h1-12,14,16-24,26,28-32,47H,13,15,25,27H2. The topological polar surface area (TPSA) is 48.5 Å². The molecule has 3 heterocycles. The molecule has 3 aromatic heterocycles. The van der Waals surface area contributed by atoms with Gasteiger partial charge in [-0.25, -0.2) is 15.0 Å². The molecule has 5 heteroatoms. The third-order valence-corrected chi connectivity index (χ3v) is 12.2. The number of hydrogen-bond donors (Lipinski definition) is 0. The summed E-state index contributed by atoms with van der Waals surface area (Å²) in [4.78, 5) is 15.5. The molecule has 0 radical (unpaired) electrons. The molecule has 0 N–H and O–H groups in total. The lowest BCUT2D eigenvalue weighted by Gasteiger charge is -2.18. The highest BCUT2D eigenvalue weighted by Crippen LogP contribution is 2.49. The van der Waals surface area contributed by atoms with Crippen molar-refractivity contribution in [2.24, 2.45) is 0 Å². The first-order valence-electron chi connectivity index (χ1n) is 20.0.